The number of hydrogen-bond acceptors (Lipinski definition) is 2. The van der Waals surface area contributed by atoms with E-state index in [-0.39, 0.29) is 10.6 Å². The second-order valence-electron chi connectivity index (χ2n) is 2.10. The molecule has 0 saturated heterocycles. The van der Waals surface area contributed by atoms with E-state index in [0.29, 0.717) is 0 Å². The second-order valence-corrected chi connectivity index (χ2v) is 2.54. The van der Waals surface area contributed by atoms with Gasteiger partial charge in [0.05, 0.1) is 0 Å². The number of hydroxylamine groups is 1. The topological polar surface area (TPSA) is 49.3 Å². The summed E-state index contributed by atoms with van der Waals surface area (Å²) in [4.78, 5) is 10.7. The van der Waals surface area contributed by atoms with Crippen LogP contribution in [0, 0.1) is 5.82 Å². The Morgan fingerprint density at radius 3 is 2.67 bits per heavy atom. The van der Waals surface area contributed by atoms with Gasteiger partial charge < -0.3 is 0 Å². The molecule has 0 radical (unpaired) electrons. The van der Waals surface area contributed by atoms with Crippen LogP contribution in [0.5, 0.6) is 0 Å². The molecule has 0 bridgehead atoms. The number of rotatable bonds is 1. The van der Waals surface area contributed by atoms with Crippen molar-refractivity contribution in [3.05, 3.63) is 34.6 Å². The lowest BCUT2D eigenvalue weighted by atomic mass is 10.2. The molecule has 1 amide bonds. The van der Waals surface area contributed by atoms with Crippen molar-refractivity contribution in [1.29, 1.82) is 0 Å². The molecule has 3 nitrogen and oxygen atoms in total. The maximum atomic E-state index is 12.6. The summed E-state index contributed by atoms with van der Waals surface area (Å²) in [6.07, 6.45) is 0. The van der Waals surface area contributed by atoms with E-state index in [0.717, 1.165) is 12.1 Å². The normalized spacial score (nSPS) is 9.58. The summed E-state index contributed by atoms with van der Waals surface area (Å²) in [5.74, 6) is -1.42. The lowest BCUT2D eigenvalue weighted by Crippen LogP contribution is -2.18. The number of hydrogen-bond donors (Lipinski definition) is 2. The monoisotopic (exact) mass is 189 g/mol. The molecule has 0 fully saturated rings. The summed E-state index contributed by atoms with van der Waals surface area (Å²) in [5, 5.41) is 8.31. The van der Waals surface area contributed by atoms with Gasteiger partial charge in [0.15, 0.2) is 0 Å². The highest BCUT2D eigenvalue weighted by Gasteiger charge is 2.06. The minimum Gasteiger partial charge on any atom is -0.288 e. The first-order chi connectivity index (χ1) is 5.63. The molecule has 0 spiro atoms. The molecule has 0 aliphatic rings. The van der Waals surface area contributed by atoms with Crippen LogP contribution >= 0.6 is 11.6 Å². The van der Waals surface area contributed by atoms with E-state index in [2.05, 4.69) is 0 Å². The average molecular weight is 190 g/mol. The van der Waals surface area contributed by atoms with E-state index in [1.807, 2.05) is 0 Å². The van der Waals surface area contributed by atoms with Crippen molar-refractivity contribution in [1.82, 2.24) is 5.48 Å². The van der Waals surface area contributed by atoms with Crippen LogP contribution in [-0.4, -0.2) is 11.1 Å². The lowest BCUT2D eigenvalue weighted by Gasteiger charge is -1.98. The molecule has 0 unspecified atom stereocenters. The maximum Gasteiger partial charge on any atom is 0.274 e. The van der Waals surface area contributed by atoms with Gasteiger partial charge in [-0.1, -0.05) is 11.6 Å². The van der Waals surface area contributed by atoms with Crippen molar-refractivity contribution < 1.29 is 14.4 Å². The number of nitrogens with one attached hydrogen (secondary N) is 1. The number of halogens is 2. The van der Waals surface area contributed by atoms with Crippen molar-refractivity contribution in [2.75, 3.05) is 0 Å². The van der Waals surface area contributed by atoms with Crippen LogP contribution in [0.2, 0.25) is 5.02 Å². The van der Waals surface area contributed by atoms with Crippen molar-refractivity contribution in [2.45, 2.75) is 0 Å². The summed E-state index contributed by atoms with van der Waals surface area (Å²) in [6.45, 7) is 0. The van der Waals surface area contributed by atoms with Crippen LogP contribution in [0.3, 0.4) is 0 Å². The Morgan fingerprint density at radius 2 is 2.17 bits per heavy atom. The second kappa shape index (κ2) is 3.51. The maximum absolute atomic E-state index is 12.6. The Hall–Kier alpha value is -1.13. The third-order valence-corrected chi connectivity index (χ3v) is 1.44. The van der Waals surface area contributed by atoms with Crippen molar-refractivity contribution in [3.8, 4) is 0 Å². The van der Waals surface area contributed by atoms with Crippen LogP contribution in [0.25, 0.3) is 0 Å². The van der Waals surface area contributed by atoms with Gasteiger partial charge in [-0.05, 0) is 18.2 Å². The fourth-order valence-corrected chi connectivity index (χ4v) is 0.971. The van der Waals surface area contributed by atoms with Gasteiger partial charge >= 0.3 is 0 Å². The molecule has 0 saturated carbocycles. The molecule has 1 aromatic rings. The predicted molar refractivity (Wildman–Crippen MR) is 40.7 cm³/mol. The molecule has 0 aliphatic heterocycles. The zero-order valence-corrected chi connectivity index (χ0v) is 6.60. The van der Waals surface area contributed by atoms with Gasteiger partial charge in [-0.2, -0.15) is 0 Å². The van der Waals surface area contributed by atoms with Gasteiger partial charge in [-0.25, -0.2) is 9.87 Å². The number of amides is 1. The highest BCUT2D eigenvalue weighted by Crippen LogP contribution is 2.13. The Balaban J connectivity index is 3.08. The molecule has 0 aliphatic carbocycles. The van der Waals surface area contributed by atoms with Gasteiger partial charge in [0, 0.05) is 10.6 Å². The van der Waals surface area contributed by atoms with Gasteiger partial charge in [0.1, 0.15) is 5.82 Å². The summed E-state index contributed by atoms with van der Waals surface area (Å²) >= 11 is 5.45. The Labute approximate surface area is 72.7 Å². The van der Waals surface area contributed by atoms with E-state index < -0.39 is 11.7 Å². The first-order valence-electron chi connectivity index (χ1n) is 3.04. The molecule has 64 valence electrons. The number of carbonyl (C=O) groups is 1. The molecule has 5 heteroatoms. The van der Waals surface area contributed by atoms with Crippen LogP contribution in [0.15, 0.2) is 18.2 Å². The SMILES string of the molecule is O=C(NO)c1cc(F)cc(Cl)c1. The average Bonchev–Trinajstić information content (AvgIpc) is 2.01. The Morgan fingerprint density at radius 1 is 1.50 bits per heavy atom. The predicted octanol–water partition coefficient (Wildman–Crippen LogP) is 1.60. The highest BCUT2D eigenvalue weighted by molar-refractivity contribution is 6.30. The minimum atomic E-state index is -0.795. The third kappa shape index (κ3) is 1.93. The van der Waals surface area contributed by atoms with Crippen LogP contribution < -0.4 is 5.48 Å². The van der Waals surface area contributed by atoms with E-state index in [4.69, 9.17) is 16.8 Å². The molecule has 12 heavy (non-hydrogen) atoms. The molecule has 0 heterocycles. The highest BCUT2D eigenvalue weighted by atomic mass is 35.5. The van der Waals surface area contributed by atoms with Gasteiger partial charge in [0.2, 0.25) is 0 Å². The van der Waals surface area contributed by atoms with Crippen LogP contribution in [-0.2, 0) is 0 Å². The Bertz CT molecular complexity index is 296. The number of benzene rings is 1. The summed E-state index contributed by atoms with van der Waals surface area (Å²) in [6, 6.07) is 3.28. The molecule has 2 N–H and O–H groups in total. The van der Waals surface area contributed by atoms with E-state index in [1.54, 1.807) is 0 Å². The first kappa shape index (κ1) is 8.96. The zero-order chi connectivity index (χ0) is 9.14. The van der Waals surface area contributed by atoms with Crippen LogP contribution in [0.4, 0.5) is 4.39 Å². The van der Waals surface area contributed by atoms with Crippen molar-refractivity contribution >= 4 is 17.5 Å². The largest absolute Gasteiger partial charge is 0.288 e. The molecule has 0 atom stereocenters. The summed E-state index contributed by atoms with van der Waals surface area (Å²) in [7, 11) is 0. The first-order valence-corrected chi connectivity index (χ1v) is 3.42. The van der Waals surface area contributed by atoms with Gasteiger partial charge in [-0.15, -0.1) is 0 Å². The molecule has 1 rings (SSSR count). The lowest BCUT2D eigenvalue weighted by molar-refractivity contribution is 0.0706. The standard InChI is InChI=1S/C7H5ClFNO2/c8-5-1-4(7(11)10-12)2-6(9)3-5/h1-3,12H,(H,10,11). The smallest absolute Gasteiger partial charge is 0.274 e. The quantitative estimate of drug-likeness (QED) is 0.521. The fraction of sp³-hybridized carbons (Fsp3) is 0. The van der Waals surface area contributed by atoms with Gasteiger partial charge in [0.25, 0.3) is 5.91 Å². The summed E-state index contributed by atoms with van der Waals surface area (Å²) in [5.41, 5.74) is 1.35. The third-order valence-electron chi connectivity index (χ3n) is 1.23. The zero-order valence-electron chi connectivity index (χ0n) is 5.84. The summed E-state index contributed by atoms with van der Waals surface area (Å²) < 4.78 is 12.6. The van der Waals surface area contributed by atoms with E-state index in [9.17, 15) is 9.18 Å². The minimum absolute atomic E-state index is 0.0255. The van der Waals surface area contributed by atoms with Crippen LogP contribution in [0.1, 0.15) is 10.4 Å². The van der Waals surface area contributed by atoms with E-state index >= 15 is 0 Å². The van der Waals surface area contributed by atoms with E-state index in [1.165, 1.54) is 11.5 Å². The number of carbonyl (C=O) groups excluding carboxylic acids is 1. The molecular weight excluding hydrogens is 185 g/mol. The van der Waals surface area contributed by atoms with Gasteiger partial charge in [-0.3, -0.25) is 10.0 Å². The molecule has 0 aromatic heterocycles. The molecule has 1 aromatic carbocycles. The van der Waals surface area contributed by atoms with Crippen molar-refractivity contribution in [3.63, 3.8) is 0 Å². The fourth-order valence-electron chi connectivity index (χ4n) is 0.749. The van der Waals surface area contributed by atoms with Crippen molar-refractivity contribution in [2.24, 2.45) is 0 Å². The Kier molecular flexibility index (Phi) is 2.62. The molecular formula is C7H5ClFNO2.